The first-order valence-electron chi connectivity index (χ1n) is 6.13. The maximum atomic E-state index is 13.6. The van der Waals surface area contributed by atoms with Gasteiger partial charge < -0.3 is 4.74 Å². The Labute approximate surface area is 116 Å². The highest BCUT2D eigenvalue weighted by atomic mass is 19.1. The molecular weight excluding hydrogens is 262 g/mol. The number of Topliss-reactive ketones (excluding diaryl/α,β-unsaturated/α-hetero) is 1. The molecule has 0 aromatic heterocycles. The van der Waals surface area contributed by atoms with Crippen molar-refractivity contribution in [2.45, 2.75) is 13.3 Å². The number of ether oxygens (including phenoxy) is 1. The maximum absolute atomic E-state index is 13.6. The van der Waals surface area contributed by atoms with E-state index in [1.54, 1.807) is 13.0 Å². The molecule has 2 aromatic carbocycles. The molecule has 4 heteroatoms. The van der Waals surface area contributed by atoms with Crippen LogP contribution >= 0.6 is 0 Å². The smallest absolute Gasteiger partial charge is 0.167 e. The third kappa shape index (κ3) is 3.02. The van der Waals surface area contributed by atoms with E-state index in [1.165, 1.54) is 31.4 Å². The molecule has 0 N–H and O–H groups in total. The second kappa shape index (κ2) is 5.82. The van der Waals surface area contributed by atoms with Gasteiger partial charge in [-0.1, -0.05) is 6.07 Å². The van der Waals surface area contributed by atoms with Gasteiger partial charge in [-0.05, 0) is 48.4 Å². The molecule has 20 heavy (non-hydrogen) atoms. The van der Waals surface area contributed by atoms with Crippen LogP contribution in [0.5, 0.6) is 5.75 Å². The number of hydrogen-bond acceptors (Lipinski definition) is 2. The van der Waals surface area contributed by atoms with E-state index in [1.807, 2.05) is 0 Å². The predicted octanol–water partition coefficient (Wildman–Crippen LogP) is 3.71. The van der Waals surface area contributed by atoms with Crippen LogP contribution in [0.1, 0.15) is 21.5 Å². The molecule has 0 saturated carbocycles. The van der Waals surface area contributed by atoms with Crippen molar-refractivity contribution in [3.63, 3.8) is 0 Å². The molecule has 0 aliphatic heterocycles. The van der Waals surface area contributed by atoms with Crippen LogP contribution in [0.25, 0.3) is 0 Å². The molecule has 2 nitrogen and oxygen atoms in total. The number of ketones is 1. The number of methoxy groups -OCH3 is 1. The topological polar surface area (TPSA) is 26.3 Å². The van der Waals surface area contributed by atoms with Crippen LogP contribution in [-0.2, 0) is 6.42 Å². The van der Waals surface area contributed by atoms with Crippen LogP contribution in [0, 0.1) is 18.6 Å². The largest absolute Gasteiger partial charge is 0.494 e. The monoisotopic (exact) mass is 276 g/mol. The highest BCUT2D eigenvalue weighted by Crippen LogP contribution is 2.20. The quantitative estimate of drug-likeness (QED) is 0.796. The number of hydrogen-bond donors (Lipinski definition) is 0. The Bertz CT molecular complexity index is 651. The van der Waals surface area contributed by atoms with Crippen LogP contribution < -0.4 is 4.74 Å². The fourth-order valence-electron chi connectivity index (χ4n) is 1.95. The fraction of sp³-hybridized carbons (Fsp3) is 0.188. The summed E-state index contributed by atoms with van der Waals surface area (Å²) >= 11 is 0. The second-order valence-corrected chi connectivity index (χ2v) is 4.52. The molecule has 0 aliphatic carbocycles. The minimum absolute atomic E-state index is 0.0371. The lowest BCUT2D eigenvalue weighted by Gasteiger charge is -2.07. The molecule has 0 spiro atoms. The van der Waals surface area contributed by atoms with Gasteiger partial charge in [-0.25, -0.2) is 8.78 Å². The summed E-state index contributed by atoms with van der Waals surface area (Å²) in [5.41, 5.74) is 1.67. The molecule has 2 aromatic rings. The number of halogens is 2. The van der Waals surface area contributed by atoms with Crippen LogP contribution in [0.2, 0.25) is 0 Å². The molecule has 0 fully saturated rings. The Hall–Kier alpha value is -2.23. The molecule has 0 atom stereocenters. The Morgan fingerprint density at radius 3 is 2.55 bits per heavy atom. The van der Waals surface area contributed by atoms with Gasteiger partial charge >= 0.3 is 0 Å². The molecule has 0 unspecified atom stereocenters. The number of carbonyl (C=O) groups excluding carboxylic acids is 1. The van der Waals surface area contributed by atoms with Crippen molar-refractivity contribution in [1.82, 2.24) is 0 Å². The van der Waals surface area contributed by atoms with Gasteiger partial charge in [-0.3, -0.25) is 4.79 Å². The van der Waals surface area contributed by atoms with E-state index >= 15 is 0 Å². The van der Waals surface area contributed by atoms with Crippen molar-refractivity contribution in [3.05, 3.63) is 64.7 Å². The standard InChI is InChI=1S/C16H14F2O2/c1-10-3-5-13(17)7-12(10)9-15(19)11-4-6-16(20-2)14(18)8-11/h3-8H,9H2,1-2H3. The zero-order valence-corrected chi connectivity index (χ0v) is 11.2. The Morgan fingerprint density at radius 1 is 1.15 bits per heavy atom. The fourth-order valence-corrected chi connectivity index (χ4v) is 1.95. The molecule has 0 heterocycles. The molecule has 0 radical (unpaired) electrons. The van der Waals surface area contributed by atoms with Gasteiger partial charge in [0.15, 0.2) is 17.3 Å². The Morgan fingerprint density at radius 2 is 1.90 bits per heavy atom. The van der Waals surface area contributed by atoms with Crippen LogP contribution in [-0.4, -0.2) is 12.9 Å². The SMILES string of the molecule is COc1ccc(C(=O)Cc2cc(F)ccc2C)cc1F. The van der Waals surface area contributed by atoms with Crippen molar-refractivity contribution in [3.8, 4) is 5.75 Å². The van der Waals surface area contributed by atoms with Gasteiger partial charge in [-0.15, -0.1) is 0 Å². The minimum atomic E-state index is -0.589. The zero-order chi connectivity index (χ0) is 14.7. The van der Waals surface area contributed by atoms with Crippen LogP contribution in [0.4, 0.5) is 8.78 Å². The first kappa shape index (κ1) is 14.2. The molecule has 2 rings (SSSR count). The van der Waals surface area contributed by atoms with Gasteiger partial charge in [-0.2, -0.15) is 0 Å². The first-order valence-corrected chi connectivity index (χ1v) is 6.13. The van der Waals surface area contributed by atoms with Crippen molar-refractivity contribution in [1.29, 1.82) is 0 Å². The van der Waals surface area contributed by atoms with Gasteiger partial charge in [0.25, 0.3) is 0 Å². The maximum Gasteiger partial charge on any atom is 0.167 e. The van der Waals surface area contributed by atoms with Crippen LogP contribution in [0.15, 0.2) is 36.4 Å². The number of carbonyl (C=O) groups is 1. The van der Waals surface area contributed by atoms with Crippen molar-refractivity contribution < 1.29 is 18.3 Å². The highest BCUT2D eigenvalue weighted by Gasteiger charge is 2.12. The van der Waals surface area contributed by atoms with Gasteiger partial charge in [0.05, 0.1) is 7.11 Å². The lowest BCUT2D eigenvalue weighted by atomic mass is 9.99. The van der Waals surface area contributed by atoms with Gasteiger partial charge in [0.1, 0.15) is 5.82 Å². The van der Waals surface area contributed by atoms with E-state index in [0.29, 0.717) is 5.56 Å². The summed E-state index contributed by atoms with van der Waals surface area (Å²) in [5, 5.41) is 0. The van der Waals surface area contributed by atoms with E-state index in [4.69, 9.17) is 4.74 Å². The van der Waals surface area contributed by atoms with Crippen LogP contribution in [0.3, 0.4) is 0 Å². The van der Waals surface area contributed by atoms with E-state index in [9.17, 15) is 13.6 Å². The molecule has 0 aliphatic rings. The number of rotatable bonds is 4. The highest BCUT2D eigenvalue weighted by molar-refractivity contribution is 5.97. The summed E-state index contributed by atoms with van der Waals surface area (Å²) in [4.78, 5) is 12.1. The minimum Gasteiger partial charge on any atom is -0.494 e. The summed E-state index contributed by atoms with van der Waals surface area (Å²) < 4.78 is 31.5. The van der Waals surface area contributed by atoms with Gasteiger partial charge in [0.2, 0.25) is 0 Å². The molecule has 0 saturated heterocycles. The Balaban J connectivity index is 2.24. The summed E-state index contributed by atoms with van der Waals surface area (Å²) in [6.07, 6.45) is 0.0371. The summed E-state index contributed by atoms with van der Waals surface area (Å²) in [6, 6.07) is 8.33. The zero-order valence-electron chi connectivity index (χ0n) is 11.2. The summed E-state index contributed by atoms with van der Waals surface area (Å²) in [7, 11) is 1.36. The lowest BCUT2D eigenvalue weighted by molar-refractivity contribution is 0.0992. The Kier molecular flexibility index (Phi) is 4.13. The van der Waals surface area contributed by atoms with Crippen molar-refractivity contribution in [2.24, 2.45) is 0 Å². The second-order valence-electron chi connectivity index (χ2n) is 4.52. The van der Waals surface area contributed by atoms with Crippen molar-refractivity contribution in [2.75, 3.05) is 7.11 Å². The third-order valence-corrected chi connectivity index (χ3v) is 3.14. The van der Waals surface area contributed by atoms with E-state index in [2.05, 4.69) is 0 Å². The summed E-state index contributed by atoms with van der Waals surface area (Å²) in [5.74, 6) is -1.16. The number of benzene rings is 2. The predicted molar refractivity (Wildman–Crippen MR) is 72.1 cm³/mol. The molecule has 0 amide bonds. The molecular formula is C16H14F2O2. The number of aryl methyl sites for hydroxylation is 1. The third-order valence-electron chi connectivity index (χ3n) is 3.14. The van der Waals surface area contributed by atoms with E-state index < -0.39 is 5.82 Å². The average Bonchev–Trinajstić information content (AvgIpc) is 2.42. The van der Waals surface area contributed by atoms with E-state index in [0.717, 1.165) is 11.6 Å². The normalized spacial score (nSPS) is 10.4. The molecule has 104 valence electrons. The van der Waals surface area contributed by atoms with Crippen molar-refractivity contribution >= 4 is 5.78 Å². The lowest BCUT2D eigenvalue weighted by Crippen LogP contribution is -2.06. The van der Waals surface area contributed by atoms with Gasteiger partial charge in [0, 0.05) is 12.0 Å². The first-order chi connectivity index (χ1) is 9.51. The molecule has 0 bridgehead atoms. The summed E-state index contributed by atoms with van der Waals surface area (Å²) in [6.45, 7) is 1.80. The average molecular weight is 276 g/mol. The van der Waals surface area contributed by atoms with E-state index in [-0.39, 0.29) is 29.3 Å².